The van der Waals surface area contributed by atoms with Gasteiger partial charge in [0.05, 0.1) is 23.0 Å². The van der Waals surface area contributed by atoms with Crippen LogP contribution in [0.1, 0.15) is 56.1 Å². The second-order valence-corrected chi connectivity index (χ2v) is 11.2. The number of carboxylic acids is 1. The number of aromatic nitrogens is 2. The fourth-order valence-electron chi connectivity index (χ4n) is 5.15. The van der Waals surface area contributed by atoms with E-state index in [-0.39, 0.29) is 22.7 Å². The summed E-state index contributed by atoms with van der Waals surface area (Å²) in [5.74, 6) is -0.346. The van der Waals surface area contributed by atoms with E-state index in [9.17, 15) is 14.7 Å². The first-order valence-electron chi connectivity index (χ1n) is 12.6. The maximum atomic E-state index is 13.6. The third-order valence-corrected chi connectivity index (χ3v) is 8.37. The van der Waals surface area contributed by atoms with Crippen LogP contribution >= 0.6 is 11.3 Å². The number of H-pyrrole nitrogens is 1. The Morgan fingerprint density at radius 2 is 1.67 bits per heavy atom. The molecule has 0 spiro atoms. The molecule has 2 aromatic carbocycles. The number of aromatic carboxylic acids is 1. The van der Waals surface area contributed by atoms with Crippen molar-refractivity contribution in [2.24, 2.45) is 11.8 Å². The molecule has 7 heteroatoms. The van der Waals surface area contributed by atoms with Crippen molar-refractivity contribution in [1.82, 2.24) is 9.97 Å². The van der Waals surface area contributed by atoms with E-state index in [1.165, 1.54) is 11.3 Å². The van der Waals surface area contributed by atoms with Crippen molar-refractivity contribution in [3.05, 3.63) is 59.7 Å². The Morgan fingerprint density at radius 1 is 1.00 bits per heavy atom. The van der Waals surface area contributed by atoms with Crippen LogP contribution in [-0.2, 0) is 4.79 Å². The molecule has 1 aliphatic rings. The second kappa shape index (κ2) is 9.90. The summed E-state index contributed by atoms with van der Waals surface area (Å²) in [5, 5.41) is 10.0. The molecule has 1 fully saturated rings. The Labute approximate surface area is 215 Å². The summed E-state index contributed by atoms with van der Waals surface area (Å²) >= 11 is 1.23. The smallest absolute Gasteiger partial charge is 0.348 e. The third kappa shape index (κ3) is 4.67. The van der Waals surface area contributed by atoms with E-state index in [2.05, 4.69) is 23.0 Å². The Morgan fingerprint density at radius 3 is 2.33 bits per heavy atom. The van der Waals surface area contributed by atoms with E-state index in [1.54, 1.807) is 11.2 Å². The lowest BCUT2D eigenvalue weighted by Gasteiger charge is -2.33. The number of imidazole rings is 1. The Kier molecular flexibility index (Phi) is 6.67. The molecular formula is C29H31N3O3S. The number of benzene rings is 2. The number of nitrogens with one attached hydrogen (secondary N) is 1. The molecule has 0 aliphatic heterocycles. The second-order valence-electron chi connectivity index (χ2n) is 10.1. The van der Waals surface area contributed by atoms with Crippen LogP contribution in [-0.4, -0.2) is 33.0 Å². The van der Waals surface area contributed by atoms with Gasteiger partial charge in [-0.2, -0.15) is 0 Å². The van der Waals surface area contributed by atoms with Crippen molar-refractivity contribution in [3.8, 4) is 21.6 Å². The predicted octanol–water partition coefficient (Wildman–Crippen LogP) is 7.22. The first-order chi connectivity index (χ1) is 17.3. The number of carboxylic acid groups (broad SMARTS) is 1. The minimum atomic E-state index is -0.999. The SMILES string of the molecule is CC(C)N(c1cc(-c2ccc(-c3ccc4[nH]cnc4c3)cc2)sc1C(=O)O)C(=O)[C@H]1CC[C@H](C)CC1. The molecular weight excluding hydrogens is 470 g/mol. The van der Waals surface area contributed by atoms with Gasteiger partial charge in [0, 0.05) is 16.8 Å². The molecule has 186 valence electrons. The van der Waals surface area contributed by atoms with E-state index in [0.29, 0.717) is 11.6 Å². The number of hydrogen-bond donors (Lipinski definition) is 2. The van der Waals surface area contributed by atoms with Crippen molar-refractivity contribution in [2.75, 3.05) is 4.90 Å². The van der Waals surface area contributed by atoms with E-state index in [1.807, 2.05) is 56.3 Å². The zero-order valence-corrected chi connectivity index (χ0v) is 21.6. The quantitative estimate of drug-likeness (QED) is 0.292. The fourth-order valence-corrected chi connectivity index (χ4v) is 6.14. The first kappa shape index (κ1) is 24.3. The van der Waals surface area contributed by atoms with Gasteiger partial charge in [0.2, 0.25) is 5.91 Å². The molecule has 2 aromatic heterocycles. The van der Waals surface area contributed by atoms with Crippen molar-refractivity contribution in [2.45, 2.75) is 52.5 Å². The molecule has 1 amide bonds. The van der Waals surface area contributed by atoms with Crippen LogP contribution in [0, 0.1) is 11.8 Å². The number of thiophene rings is 1. The minimum Gasteiger partial charge on any atom is -0.477 e. The number of fused-ring (bicyclic) bond motifs is 1. The lowest BCUT2D eigenvalue weighted by molar-refractivity contribution is -0.123. The number of nitrogens with zero attached hydrogens (tertiary/aromatic N) is 2. The average Bonchev–Trinajstić information content (AvgIpc) is 3.51. The summed E-state index contributed by atoms with van der Waals surface area (Å²) < 4.78 is 0. The molecule has 0 bridgehead atoms. The lowest BCUT2D eigenvalue weighted by atomic mass is 9.82. The summed E-state index contributed by atoms with van der Waals surface area (Å²) in [5.41, 5.74) is 5.48. The number of carbonyl (C=O) groups excluding carboxylic acids is 1. The summed E-state index contributed by atoms with van der Waals surface area (Å²) in [6.45, 7) is 6.14. The number of carbonyl (C=O) groups is 2. The molecule has 1 aliphatic carbocycles. The standard InChI is InChI=1S/C29H31N3O3S/c1-17(2)32(28(33)21-6-4-18(3)5-7-21)25-15-26(36-27(25)29(34)35)20-10-8-19(9-11-20)22-12-13-23-24(14-22)31-16-30-23/h8-18,21H,4-7H2,1-3H3,(H,30,31)(H,34,35)/t18-,21-. The number of aromatic amines is 1. The number of anilines is 1. The van der Waals surface area contributed by atoms with E-state index < -0.39 is 5.97 Å². The van der Waals surface area contributed by atoms with Gasteiger partial charge >= 0.3 is 5.97 Å². The maximum Gasteiger partial charge on any atom is 0.348 e. The van der Waals surface area contributed by atoms with Crippen LogP contribution in [0.25, 0.3) is 32.6 Å². The summed E-state index contributed by atoms with van der Waals surface area (Å²) in [7, 11) is 0. The molecule has 0 atom stereocenters. The van der Waals surface area contributed by atoms with Crippen LogP contribution in [0.2, 0.25) is 0 Å². The van der Waals surface area contributed by atoms with Crippen molar-refractivity contribution in [3.63, 3.8) is 0 Å². The highest BCUT2D eigenvalue weighted by molar-refractivity contribution is 7.18. The van der Waals surface area contributed by atoms with Gasteiger partial charge < -0.3 is 15.0 Å². The highest BCUT2D eigenvalue weighted by atomic mass is 32.1. The fraction of sp³-hybridized carbons (Fsp3) is 0.345. The molecule has 5 rings (SSSR count). The first-order valence-corrected chi connectivity index (χ1v) is 13.4. The zero-order chi connectivity index (χ0) is 25.4. The Balaban J connectivity index is 1.46. The molecule has 1 saturated carbocycles. The van der Waals surface area contributed by atoms with Gasteiger partial charge in [-0.15, -0.1) is 11.3 Å². The Bertz CT molecular complexity index is 1390. The predicted molar refractivity (Wildman–Crippen MR) is 146 cm³/mol. The molecule has 2 N–H and O–H groups in total. The van der Waals surface area contributed by atoms with Crippen LogP contribution in [0.15, 0.2) is 54.9 Å². The topological polar surface area (TPSA) is 86.3 Å². The van der Waals surface area contributed by atoms with Gasteiger partial charge in [-0.3, -0.25) is 4.79 Å². The molecule has 0 radical (unpaired) electrons. The summed E-state index contributed by atoms with van der Waals surface area (Å²) in [6.07, 6.45) is 5.51. The molecule has 6 nitrogen and oxygen atoms in total. The highest BCUT2D eigenvalue weighted by Gasteiger charge is 2.33. The van der Waals surface area contributed by atoms with E-state index >= 15 is 0 Å². The maximum absolute atomic E-state index is 13.6. The van der Waals surface area contributed by atoms with Crippen LogP contribution in [0.4, 0.5) is 5.69 Å². The van der Waals surface area contributed by atoms with Crippen LogP contribution in [0.5, 0.6) is 0 Å². The van der Waals surface area contributed by atoms with E-state index in [0.717, 1.165) is 58.3 Å². The monoisotopic (exact) mass is 501 g/mol. The molecule has 2 heterocycles. The van der Waals surface area contributed by atoms with Gasteiger partial charge in [-0.25, -0.2) is 9.78 Å². The van der Waals surface area contributed by atoms with Crippen molar-refractivity contribution >= 4 is 39.9 Å². The number of amides is 1. The number of hydrogen-bond acceptors (Lipinski definition) is 4. The van der Waals surface area contributed by atoms with Gasteiger partial charge in [0.25, 0.3) is 0 Å². The molecule has 4 aromatic rings. The Hall–Kier alpha value is -3.45. The van der Waals surface area contributed by atoms with E-state index in [4.69, 9.17) is 0 Å². The molecule has 0 saturated heterocycles. The van der Waals surface area contributed by atoms with Gasteiger partial charge in [0.15, 0.2) is 0 Å². The number of rotatable bonds is 6. The minimum absolute atomic E-state index is 0.0419. The lowest BCUT2D eigenvalue weighted by Crippen LogP contribution is -2.42. The highest BCUT2D eigenvalue weighted by Crippen LogP contribution is 2.40. The normalized spacial score (nSPS) is 18.0. The molecule has 36 heavy (non-hydrogen) atoms. The van der Waals surface area contributed by atoms with Gasteiger partial charge in [0.1, 0.15) is 4.88 Å². The third-order valence-electron chi connectivity index (χ3n) is 7.21. The van der Waals surface area contributed by atoms with Crippen molar-refractivity contribution in [1.29, 1.82) is 0 Å². The van der Waals surface area contributed by atoms with Crippen molar-refractivity contribution < 1.29 is 14.7 Å². The molecule has 0 unspecified atom stereocenters. The van der Waals surface area contributed by atoms with Crippen LogP contribution < -0.4 is 4.90 Å². The largest absolute Gasteiger partial charge is 0.477 e. The van der Waals surface area contributed by atoms with Crippen LogP contribution in [0.3, 0.4) is 0 Å². The summed E-state index contributed by atoms with van der Waals surface area (Å²) in [6, 6.07) is 16.0. The van der Waals surface area contributed by atoms with Gasteiger partial charge in [-0.1, -0.05) is 37.3 Å². The van der Waals surface area contributed by atoms with Gasteiger partial charge in [-0.05, 0) is 80.3 Å². The average molecular weight is 502 g/mol. The summed E-state index contributed by atoms with van der Waals surface area (Å²) in [4.78, 5) is 36.0. The zero-order valence-electron chi connectivity index (χ0n) is 20.8.